The summed E-state index contributed by atoms with van der Waals surface area (Å²) in [5.74, 6) is -0.0742. The van der Waals surface area contributed by atoms with Crippen LogP contribution in [-0.2, 0) is 29.0 Å². The molecule has 0 unspecified atom stereocenters. The number of carbonyl (C=O) groups is 2. The van der Waals surface area contributed by atoms with Crippen molar-refractivity contribution in [3.63, 3.8) is 0 Å². The Labute approximate surface area is 209 Å². The smallest absolute Gasteiger partial charge is 0.243 e. The molecule has 1 fully saturated rings. The minimum atomic E-state index is -0.574. The molecule has 35 heavy (non-hydrogen) atoms. The Balaban J connectivity index is 1.67. The third-order valence-corrected chi connectivity index (χ3v) is 7.01. The molecule has 182 valence electrons. The fourth-order valence-electron chi connectivity index (χ4n) is 5.00. The summed E-state index contributed by atoms with van der Waals surface area (Å²) in [5.41, 5.74) is 5.32. The fraction of sp³-hybridized carbons (Fsp3) is 0.355. The molecule has 0 spiro atoms. The van der Waals surface area contributed by atoms with Crippen molar-refractivity contribution in [2.75, 3.05) is 0 Å². The van der Waals surface area contributed by atoms with Gasteiger partial charge in [-0.1, -0.05) is 97.3 Å². The molecule has 1 atom stereocenters. The molecule has 0 saturated heterocycles. The highest BCUT2D eigenvalue weighted by molar-refractivity contribution is 5.89. The molecular formula is C31H36N2O2. The zero-order chi connectivity index (χ0) is 24.6. The zero-order valence-corrected chi connectivity index (χ0v) is 20.9. The van der Waals surface area contributed by atoms with Crippen molar-refractivity contribution in [2.45, 2.75) is 71.0 Å². The SMILES string of the molecule is Cc1cccc(CN(C(=O)Cc2ccccc2C)[C@H](Cc2ccccc2)C(=O)NC2CCCC2)c1. The third kappa shape index (κ3) is 6.82. The van der Waals surface area contributed by atoms with Crippen LogP contribution in [0.3, 0.4) is 0 Å². The van der Waals surface area contributed by atoms with Gasteiger partial charge in [0.15, 0.2) is 0 Å². The first-order chi connectivity index (χ1) is 17.0. The average molecular weight is 469 g/mol. The van der Waals surface area contributed by atoms with Crippen molar-refractivity contribution < 1.29 is 9.59 Å². The summed E-state index contributed by atoms with van der Waals surface area (Å²) in [4.78, 5) is 29.4. The Hall–Kier alpha value is -3.40. The first kappa shape index (κ1) is 24.7. The molecule has 2 amide bonds. The highest BCUT2D eigenvalue weighted by Crippen LogP contribution is 2.21. The number of hydrogen-bond donors (Lipinski definition) is 1. The van der Waals surface area contributed by atoms with Gasteiger partial charge in [0, 0.05) is 19.0 Å². The van der Waals surface area contributed by atoms with E-state index in [1.807, 2.05) is 73.7 Å². The Kier molecular flexibility index (Phi) is 8.36. The second kappa shape index (κ2) is 11.8. The van der Waals surface area contributed by atoms with Gasteiger partial charge in [0.2, 0.25) is 11.8 Å². The molecule has 0 bridgehead atoms. The van der Waals surface area contributed by atoms with Crippen LogP contribution in [0.15, 0.2) is 78.9 Å². The van der Waals surface area contributed by atoms with Crippen LogP contribution in [0.25, 0.3) is 0 Å². The fourth-order valence-corrected chi connectivity index (χ4v) is 5.00. The van der Waals surface area contributed by atoms with Gasteiger partial charge in [-0.3, -0.25) is 9.59 Å². The molecule has 1 N–H and O–H groups in total. The molecule has 0 radical (unpaired) electrons. The second-order valence-electron chi connectivity index (χ2n) is 9.81. The number of nitrogens with one attached hydrogen (secondary N) is 1. The summed E-state index contributed by atoms with van der Waals surface area (Å²) in [5, 5.41) is 3.27. The van der Waals surface area contributed by atoms with E-state index < -0.39 is 6.04 Å². The van der Waals surface area contributed by atoms with Crippen LogP contribution in [0.2, 0.25) is 0 Å². The second-order valence-corrected chi connectivity index (χ2v) is 9.81. The number of nitrogens with zero attached hydrogens (tertiary/aromatic N) is 1. The van der Waals surface area contributed by atoms with Gasteiger partial charge < -0.3 is 10.2 Å². The lowest BCUT2D eigenvalue weighted by atomic mass is 9.99. The van der Waals surface area contributed by atoms with Crippen LogP contribution < -0.4 is 5.32 Å². The minimum absolute atomic E-state index is 0.0247. The van der Waals surface area contributed by atoms with Crippen molar-refractivity contribution >= 4 is 11.8 Å². The summed E-state index contributed by atoms with van der Waals surface area (Å²) in [6, 6.07) is 25.8. The van der Waals surface area contributed by atoms with Gasteiger partial charge >= 0.3 is 0 Å². The van der Waals surface area contributed by atoms with Crippen LogP contribution in [0.4, 0.5) is 0 Å². The van der Waals surface area contributed by atoms with Gasteiger partial charge in [-0.25, -0.2) is 0 Å². The van der Waals surface area contributed by atoms with Gasteiger partial charge in [-0.05, 0) is 48.9 Å². The molecule has 1 aliphatic rings. The average Bonchev–Trinajstić information content (AvgIpc) is 3.36. The van der Waals surface area contributed by atoms with Gasteiger partial charge in [0.05, 0.1) is 6.42 Å². The number of aryl methyl sites for hydroxylation is 2. The van der Waals surface area contributed by atoms with Crippen LogP contribution in [0, 0.1) is 13.8 Å². The van der Waals surface area contributed by atoms with Gasteiger partial charge in [0.1, 0.15) is 6.04 Å². The molecule has 1 aliphatic carbocycles. The molecule has 0 aliphatic heterocycles. The van der Waals surface area contributed by atoms with E-state index in [1.165, 1.54) is 0 Å². The molecule has 0 aromatic heterocycles. The predicted octanol–water partition coefficient (Wildman–Crippen LogP) is 5.54. The van der Waals surface area contributed by atoms with Crippen LogP contribution in [-0.4, -0.2) is 28.8 Å². The lowest BCUT2D eigenvalue weighted by molar-refractivity contribution is -0.141. The van der Waals surface area contributed by atoms with Crippen LogP contribution in [0.1, 0.15) is 53.5 Å². The normalized spacial score (nSPS) is 14.5. The van der Waals surface area contributed by atoms with E-state index in [2.05, 4.69) is 24.4 Å². The maximum Gasteiger partial charge on any atom is 0.243 e. The standard InChI is InChI=1S/C31H36N2O2/c1-23-11-10-15-26(19-23)22-33(30(34)21-27-16-7-6-12-24(27)2)29(20-25-13-4-3-5-14-25)31(35)32-28-17-8-9-18-28/h3-7,10-16,19,28-29H,8-9,17-18,20-22H2,1-2H3,(H,32,35)/t29-/m1/s1. The van der Waals surface area contributed by atoms with Gasteiger partial charge in [-0.2, -0.15) is 0 Å². The van der Waals surface area contributed by atoms with Crippen molar-refractivity contribution in [1.82, 2.24) is 10.2 Å². The van der Waals surface area contributed by atoms with Gasteiger partial charge in [0.25, 0.3) is 0 Å². The molecule has 4 rings (SSSR count). The summed E-state index contributed by atoms with van der Waals surface area (Å²) in [6.45, 7) is 4.49. The number of amides is 2. The van der Waals surface area contributed by atoms with Crippen molar-refractivity contribution in [3.8, 4) is 0 Å². The summed E-state index contributed by atoms with van der Waals surface area (Å²) < 4.78 is 0. The number of rotatable bonds is 9. The molecule has 3 aromatic rings. The van der Waals surface area contributed by atoms with E-state index in [4.69, 9.17) is 0 Å². The van der Waals surface area contributed by atoms with Gasteiger partial charge in [-0.15, -0.1) is 0 Å². The Bertz CT molecular complexity index is 1140. The Morgan fingerprint density at radius 3 is 2.29 bits per heavy atom. The maximum atomic E-state index is 13.9. The largest absolute Gasteiger partial charge is 0.352 e. The first-order valence-corrected chi connectivity index (χ1v) is 12.7. The quantitative estimate of drug-likeness (QED) is 0.448. The van der Waals surface area contributed by atoms with Crippen molar-refractivity contribution in [3.05, 3.63) is 107 Å². The topological polar surface area (TPSA) is 49.4 Å². The predicted molar refractivity (Wildman–Crippen MR) is 141 cm³/mol. The minimum Gasteiger partial charge on any atom is -0.352 e. The van der Waals surface area contributed by atoms with E-state index in [0.717, 1.165) is 53.5 Å². The monoisotopic (exact) mass is 468 g/mol. The summed E-state index contributed by atoms with van der Waals surface area (Å²) >= 11 is 0. The first-order valence-electron chi connectivity index (χ1n) is 12.7. The van der Waals surface area contributed by atoms with E-state index in [0.29, 0.717) is 13.0 Å². The van der Waals surface area contributed by atoms with E-state index >= 15 is 0 Å². The van der Waals surface area contributed by atoms with E-state index in [-0.39, 0.29) is 24.3 Å². The van der Waals surface area contributed by atoms with Crippen molar-refractivity contribution in [2.24, 2.45) is 0 Å². The molecule has 4 nitrogen and oxygen atoms in total. The number of carbonyl (C=O) groups excluding carboxylic acids is 2. The highest BCUT2D eigenvalue weighted by atomic mass is 16.2. The van der Waals surface area contributed by atoms with E-state index in [1.54, 1.807) is 4.90 Å². The molecule has 1 saturated carbocycles. The molecule has 0 heterocycles. The van der Waals surface area contributed by atoms with Crippen LogP contribution in [0.5, 0.6) is 0 Å². The Morgan fingerprint density at radius 2 is 1.57 bits per heavy atom. The number of hydrogen-bond acceptors (Lipinski definition) is 2. The summed E-state index contributed by atoms with van der Waals surface area (Å²) in [6.07, 6.45) is 5.09. The molecule has 4 heteroatoms. The lowest BCUT2D eigenvalue weighted by Gasteiger charge is -2.32. The zero-order valence-electron chi connectivity index (χ0n) is 20.9. The maximum absolute atomic E-state index is 13.9. The highest BCUT2D eigenvalue weighted by Gasteiger charge is 2.32. The van der Waals surface area contributed by atoms with E-state index in [9.17, 15) is 9.59 Å². The molecular weight excluding hydrogens is 432 g/mol. The summed E-state index contributed by atoms with van der Waals surface area (Å²) in [7, 11) is 0. The third-order valence-electron chi connectivity index (χ3n) is 7.01. The van der Waals surface area contributed by atoms with Crippen molar-refractivity contribution in [1.29, 1.82) is 0 Å². The molecule has 3 aromatic carbocycles. The Morgan fingerprint density at radius 1 is 0.886 bits per heavy atom. The number of benzene rings is 3. The lowest BCUT2D eigenvalue weighted by Crippen LogP contribution is -2.52. The van der Waals surface area contributed by atoms with Crippen LogP contribution >= 0.6 is 0 Å².